The van der Waals surface area contributed by atoms with E-state index in [1.54, 1.807) is 18.2 Å². The maximum absolute atomic E-state index is 12.3. The van der Waals surface area contributed by atoms with Crippen LogP contribution in [0.3, 0.4) is 0 Å². The Morgan fingerprint density at radius 2 is 1.74 bits per heavy atom. The molecule has 0 saturated heterocycles. The van der Waals surface area contributed by atoms with E-state index in [-0.39, 0.29) is 11.0 Å². The smallest absolute Gasteiger partial charge is 0.335 e. The summed E-state index contributed by atoms with van der Waals surface area (Å²) in [4.78, 5) is 23.2. The third-order valence-electron chi connectivity index (χ3n) is 3.84. The molecule has 1 heterocycles. The van der Waals surface area contributed by atoms with Gasteiger partial charge in [0, 0.05) is 11.6 Å². The molecule has 0 aliphatic carbocycles. The summed E-state index contributed by atoms with van der Waals surface area (Å²) in [6.07, 6.45) is 0. The number of rotatable bonds is 3. The lowest BCUT2D eigenvalue weighted by atomic mass is 10.0. The minimum absolute atomic E-state index is 0.112. The van der Waals surface area contributed by atoms with E-state index in [9.17, 15) is 9.59 Å². The normalized spacial score (nSPS) is 11.1. The van der Waals surface area contributed by atoms with Crippen LogP contribution >= 0.6 is 0 Å². The molecule has 3 aromatic rings. The summed E-state index contributed by atoms with van der Waals surface area (Å²) >= 11 is 0. The molecule has 0 fully saturated rings. The van der Waals surface area contributed by atoms with Crippen molar-refractivity contribution >= 4 is 16.9 Å². The zero-order chi connectivity index (χ0) is 16.6. The minimum atomic E-state index is -0.988. The Labute approximate surface area is 133 Å². The van der Waals surface area contributed by atoms with Crippen LogP contribution in [0.4, 0.5) is 0 Å². The summed E-state index contributed by atoms with van der Waals surface area (Å²) in [6.45, 7) is 4.15. The van der Waals surface area contributed by atoms with Crippen LogP contribution in [0, 0.1) is 0 Å². The second-order valence-corrected chi connectivity index (χ2v) is 5.77. The predicted octanol–water partition coefficient (Wildman–Crippen LogP) is 4.28. The van der Waals surface area contributed by atoms with Gasteiger partial charge in [-0.05, 0) is 35.7 Å². The molecule has 116 valence electrons. The summed E-state index contributed by atoms with van der Waals surface area (Å²) in [7, 11) is 0. The van der Waals surface area contributed by atoms with Gasteiger partial charge in [0.25, 0.3) is 0 Å². The summed E-state index contributed by atoms with van der Waals surface area (Å²) < 4.78 is 5.87. The molecule has 0 amide bonds. The van der Waals surface area contributed by atoms with Crippen LogP contribution in [0.5, 0.6) is 0 Å². The number of aromatic carboxylic acids is 1. The van der Waals surface area contributed by atoms with E-state index in [4.69, 9.17) is 9.52 Å². The number of benzene rings is 2. The molecule has 4 nitrogen and oxygen atoms in total. The number of fused-ring (bicyclic) bond motifs is 1. The second kappa shape index (κ2) is 5.72. The Morgan fingerprint density at radius 1 is 1.04 bits per heavy atom. The van der Waals surface area contributed by atoms with Crippen molar-refractivity contribution in [3.8, 4) is 11.3 Å². The third kappa shape index (κ3) is 2.88. The molecular weight excluding hydrogens is 292 g/mol. The van der Waals surface area contributed by atoms with Crippen molar-refractivity contribution in [1.82, 2.24) is 0 Å². The first-order valence-corrected chi connectivity index (χ1v) is 7.37. The van der Waals surface area contributed by atoms with Crippen molar-refractivity contribution in [1.29, 1.82) is 0 Å². The van der Waals surface area contributed by atoms with Gasteiger partial charge in [-0.1, -0.05) is 32.0 Å². The van der Waals surface area contributed by atoms with E-state index < -0.39 is 5.97 Å². The predicted molar refractivity (Wildman–Crippen MR) is 89.0 cm³/mol. The lowest BCUT2D eigenvalue weighted by Gasteiger charge is -2.08. The molecule has 23 heavy (non-hydrogen) atoms. The number of carboxylic acids is 1. The first-order valence-electron chi connectivity index (χ1n) is 7.37. The van der Waals surface area contributed by atoms with Crippen LogP contribution in [-0.2, 0) is 0 Å². The highest BCUT2D eigenvalue weighted by molar-refractivity contribution is 5.88. The van der Waals surface area contributed by atoms with Crippen LogP contribution in [0.25, 0.3) is 22.3 Å². The average Bonchev–Trinajstić information content (AvgIpc) is 2.54. The fourth-order valence-corrected chi connectivity index (χ4v) is 2.45. The van der Waals surface area contributed by atoms with Gasteiger partial charge in [0.15, 0.2) is 5.43 Å². The van der Waals surface area contributed by atoms with E-state index in [2.05, 4.69) is 13.8 Å². The number of hydrogen-bond donors (Lipinski definition) is 1. The van der Waals surface area contributed by atoms with E-state index in [0.29, 0.717) is 28.2 Å². The quantitative estimate of drug-likeness (QED) is 0.784. The van der Waals surface area contributed by atoms with E-state index in [1.165, 1.54) is 18.2 Å². The number of hydrogen-bond acceptors (Lipinski definition) is 3. The van der Waals surface area contributed by atoms with Crippen molar-refractivity contribution in [2.75, 3.05) is 0 Å². The highest BCUT2D eigenvalue weighted by Crippen LogP contribution is 2.25. The Bertz CT molecular complexity index is 934. The van der Waals surface area contributed by atoms with Gasteiger partial charge in [0.1, 0.15) is 11.3 Å². The molecule has 0 saturated carbocycles. The maximum Gasteiger partial charge on any atom is 0.335 e. The molecule has 1 aromatic heterocycles. The van der Waals surface area contributed by atoms with Crippen molar-refractivity contribution in [2.45, 2.75) is 19.8 Å². The summed E-state index contributed by atoms with van der Waals surface area (Å²) in [5.41, 5.74) is 2.39. The largest absolute Gasteiger partial charge is 0.478 e. The molecule has 1 N–H and O–H groups in total. The molecule has 0 atom stereocenters. The third-order valence-corrected chi connectivity index (χ3v) is 3.84. The first kappa shape index (κ1) is 15.0. The topological polar surface area (TPSA) is 67.5 Å². The molecular formula is C19H16O4. The van der Waals surface area contributed by atoms with Crippen LogP contribution in [-0.4, -0.2) is 11.1 Å². The van der Waals surface area contributed by atoms with Gasteiger partial charge in [0.2, 0.25) is 0 Å². The van der Waals surface area contributed by atoms with Crippen molar-refractivity contribution in [3.63, 3.8) is 0 Å². The van der Waals surface area contributed by atoms with Crippen LogP contribution in [0.15, 0.2) is 57.7 Å². The standard InChI is InChI=1S/C19H16O4/c1-11(2)14-7-8-15-16(20)10-17(23-18(15)9-14)12-3-5-13(6-4-12)19(21)22/h3-11H,1-2H3,(H,21,22). The maximum atomic E-state index is 12.3. The van der Waals surface area contributed by atoms with Gasteiger partial charge in [-0.2, -0.15) is 0 Å². The Balaban J connectivity index is 2.14. The average molecular weight is 308 g/mol. The fourth-order valence-electron chi connectivity index (χ4n) is 2.45. The zero-order valence-corrected chi connectivity index (χ0v) is 12.9. The molecule has 2 aromatic carbocycles. The summed E-state index contributed by atoms with van der Waals surface area (Å²) in [6, 6.07) is 13.3. The fraction of sp³-hybridized carbons (Fsp3) is 0.158. The van der Waals surface area contributed by atoms with Gasteiger partial charge < -0.3 is 9.52 Å². The van der Waals surface area contributed by atoms with Gasteiger partial charge >= 0.3 is 5.97 Å². The molecule has 0 spiro atoms. The van der Waals surface area contributed by atoms with Crippen molar-refractivity contribution in [2.24, 2.45) is 0 Å². The molecule has 0 aliphatic heterocycles. The summed E-state index contributed by atoms with van der Waals surface area (Å²) in [5, 5.41) is 9.48. The molecule has 3 rings (SSSR count). The van der Waals surface area contributed by atoms with Gasteiger partial charge in [-0.15, -0.1) is 0 Å². The van der Waals surface area contributed by atoms with Crippen LogP contribution in [0.2, 0.25) is 0 Å². The highest BCUT2D eigenvalue weighted by atomic mass is 16.4. The Morgan fingerprint density at radius 3 is 2.35 bits per heavy atom. The Hall–Kier alpha value is -2.88. The van der Waals surface area contributed by atoms with Crippen molar-refractivity contribution in [3.05, 3.63) is 69.9 Å². The molecule has 0 aliphatic rings. The van der Waals surface area contributed by atoms with E-state index in [0.717, 1.165) is 5.56 Å². The van der Waals surface area contributed by atoms with Crippen LogP contribution < -0.4 is 5.43 Å². The molecule has 0 bridgehead atoms. The zero-order valence-electron chi connectivity index (χ0n) is 12.9. The second-order valence-electron chi connectivity index (χ2n) is 5.77. The van der Waals surface area contributed by atoms with Gasteiger partial charge in [-0.3, -0.25) is 4.79 Å². The minimum Gasteiger partial charge on any atom is -0.478 e. The first-order chi connectivity index (χ1) is 11.0. The molecule has 0 unspecified atom stereocenters. The Kier molecular flexibility index (Phi) is 3.74. The highest BCUT2D eigenvalue weighted by Gasteiger charge is 2.10. The van der Waals surface area contributed by atoms with Gasteiger partial charge in [-0.25, -0.2) is 4.79 Å². The van der Waals surface area contributed by atoms with Crippen molar-refractivity contribution < 1.29 is 14.3 Å². The van der Waals surface area contributed by atoms with E-state index >= 15 is 0 Å². The summed E-state index contributed by atoms with van der Waals surface area (Å²) in [5.74, 6) is -0.221. The molecule has 0 radical (unpaired) electrons. The monoisotopic (exact) mass is 308 g/mol. The number of carboxylic acid groups (broad SMARTS) is 1. The number of carbonyl (C=O) groups is 1. The van der Waals surface area contributed by atoms with E-state index in [1.807, 2.05) is 12.1 Å². The van der Waals surface area contributed by atoms with Crippen LogP contribution in [0.1, 0.15) is 35.7 Å². The molecule has 4 heteroatoms. The SMILES string of the molecule is CC(C)c1ccc2c(=O)cc(-c3ccc(C(=O)O)cc3)oc2c1. The van der Waals surface area contributed by atoms with Gasteiger partial charge in [0.05, 0.1) is 10.9 Å². The lowest BCUT2D eigenvalue weighted by Crippen LogP contribution is -2.01. The lowest BCUT2D eigenvalue weighted by molar-refractivity contribution is 0.0697.